The first kappa shape index (κ1) is 13.7. The number of carboxylic acid groups (broad SMARTS) is 1. The maximum absolute atomic E-state index is 10.2. The van der Waals surface area contributed by atoms with Gasteiger partial charge < -0.3 is 10.4 Å². The Kier molecular flexibility index (Phi) is 7.84. The number of rotatable bonds is 2. The second-order valence-corrected chi connectivity index (χ2v) is 3.90. The lowest BCUT2D eigenvalue weighted by molar-refractivity contribution is -0.138. The number of hydrogen-bond acceptors (Lipinski definition) is 3. The first-order valence-electron chi connectivity index (χ1n) is 4.30. The zero-order valence-electron chi connectivity index (χ0n) is 7.63. The topological polar surface area (TPSA) is 66.4 Å². The van der Waals surface area contributed by atoms with Crippen LogP contribution >= 0.6 is 23.2 Å². The van der Waals surface area contributed by atoms with Gasteiger partial charge in [0.25, 0.3) is 0 Å². The summed E-state index contributed by atoms with van der Waals surface area (Å²) in [6.45, 7) is 1.97. The summed E-state index contributed by atoms with van der Waals surface area (Å²) in [5.41, 5.74) is 0. The number of hydrogen-bond donors (Lipinski definition) is 2. The molecule has 1 aliphatic rings. The molecule has 0 unspecified atom stereocenters. The Balaban J connectivity index is 0.000000364. The first-order chi connectivity index (χ1) is 6.52. The van der Waals surface area contributed by atoms with Crippen molar-refractivity contribution >= 4 is 33.9 Å². The second kappa shape index (κ2) is 8.03. The summed E-state index contributed by atoms with van der Waals surface area (Å²) in [7, 11) is 0. The molecule has 0 atom stereocenters. The smallest absolute Gasteiger partial charge is 0.313 e. The third kappa shape index (κ3) is 9.77. The molecule has 4 nitrogen and oxygen atoms in total. The largest absolute Gasteiger partial charge is 0.481 e. The van der Waals surface area contributed by atoms with Gasteiger partial charge in [-0.2, -0.15) is 0 Å². The molecule has 0 saturated carbocycles. The van der Waals surface area contributed by atoms with Crippen LogP contribution in [0.1, 0.15) is 19.3 Å². The molecule has 0 radical (unpaired) electrons. The van der Waals surface area contributed by atoms with E-state index in [-0.39, 0.29) is 0 Å². The molecule has 1 rings (SSSR count). The van der Waals surface area contributed by atoms with Crippen molar-refractivity contribution in [3.8, 4) is 0 Å². The van der Waals surface area contributed by atoms with Gasteiger partial charge in [0.15, 0.2) is 0 Å². The highest BCUT2D eigenvalue weighted by molar-refractivity contribution is 6.93. The number of nitrogens with one attached hydrogen (secondary N) is 1. The van der Waals surface area contributed by atoms with E-state index in [4.69, 9.17) is 9.90 Å². The van der Waals surface area contributed by atoms with Crippen LogP contribution in [0.15, 0.2) is 0 Å². The summed E-state index contributed by atoms with van der Waals surface area (Å²) in [5, 5.41) is 11.6. The molecule has 1 saturated heterocycles. The van der Waals surface area contributed by atoms with Crippen LogP contribution in [-0.4, -0.2) is 28.9 Å². The van der Waals surface area contributed by atoms with E-state index < -0.39 is 10.7 Å². The number of carbonyl (C=O) groups excluding carboxylic acids is 1. The fraction of sp³-hybridized carbons (Fsp3) is 0.750. The van der Waals surface area contributed by atoms with Gasteiger partial charge in [-0.3, -0.25) is 9.59 Å². The van der Waals surface area contributed by atoms with Crippen molar-refractivity contribution in [3.63, 3.8) is 0 Å². The molecule has 82 valence electrons. The van der Waals surface area contributed by atoms with Gasteiger partial charge in [-0.05, 0) is 55.1 Å². The van der Waals surface area contributed by atoms with Crippen molar-refractivity contribution < 1.29 is 14.7 Å². The third-order valence-corrected chi connectivity index (χ3v) is 1.92. The predicted molar refractivity (Wildman–Crippen MR) is 54.9 cm³/mol. The van der Waals surface area contributed by atoms with Crippen molar-refractivity contribution in [3.05, 3.63) is 0 Å². The minimum Gasteiger partial charge on any atom is -0.481 e. The lowest BCUT2D eigenvalue weighted by Gasteiger charge is -2.20. The Morgan fingerprint density at radius 3 is 2.07 bits per heavy atom. The van der Waals surface area contributed by atoms with Crippen LogP contribution < -0.4 is 5.32 Å². The molecule has 1 heterocycles. The molecule has 0 amide bonds. The second-order valence-electron chi connectivity index (χ2n) is 3.02. The normalized spacial score (nSPS) is 16.7. The maximum Gasteiger partial charge on any atom is 0.313 e. The maximum atomic E-state index is 10.2. The Morgan fingerprint density at radius 2 is 1.71 bits per heavy atom. The van der Waals surface area contributed by atoms with Gasteiger partial charge in [-0.1, -0.05) is 0 Å². The molecule has 0 aromatic carbocycles. The molecule has 0 aromatic heterocycles. The van der Waals surface area contributed by atoms with Crippen molar-refractivity contribution in [1.82, 2.24) is 5.32 Å². The lowest BCUT2D eigenvalue weighted by atomic mass is 9.95. The zero-order valence-corrected chi connectivity index (χ0v) is 9.14. The summed E-state index contributed by atoms with van der Waals surface area (Å²) >= 11 is 8.80. The molecule has 0 spiro atoms. The summed E-state index contributed by atoms with van der Waals surface area (Å²) in [4.78, 5) is 19.2. The van der Waals surface area contributed by atoms with E-state index in [9.17, 15) is 4.79 Å². The van der Waals surface area contributed by atoms with Crippen LogP contribution in [0, 0.1) is 5.92 Å². The van der Waals surface area contributed by atoms with E-state index in [1.807, 2.05) is 0 Å². The number of halogens is 2. The van der Waals surface area contributed by atoms with Crippen LogP contribution in [0.4, 0.5) is 4.79 Å². The zero-order chi connectivity index (χ0) is 11.0. The SMILES string of the molecule is O=C(Cl)Cl.O=C(O)CC1CCNCC1. The number of carboxylic acids is 1. The van der Waals surface area contributed by atoms with Crippen molar-refractivity contribution in [2.24, 2.45) is 5.92 Å². The van der Waals surface area contributed by atoms with Gasteiger partial charge in [-0.15, -0.1) is 0 Å². The Labute approximate surface area is 92.6 Å². The van der Waals surface area contributed by atoms with Crippen molar-refractivity contribution in [1.29, 1.82) is 0 Å². The molecule has 2 N–H and O–H groups in total. The molecule has 14 heavy (non-hydrogen) atoms. The Hall–Kier alpha value is -0.320. The molecule has 0 bridgehead atoms. The van der Waals surface area contributed by atoms with Crippen LogP contribution in [-0.2, 0) is 4.79 Å². The van der Waals surface area contributed by atoms with Crippen molar-refractivity contribution in [2.75, 3.05) is 13.1 Å². The summed E-state index contributed by atoms with van der Waals surface area (Å²) in [6, 6.07) is 0. The fourth-order valence-corrected chi connectivity index (χ4v) is 1.33. The standard InChI is InChI=1S/C7H13NO2.CCl2O/c9-7(10)5-6-1-3-8-4-2-6;2-1(3)4/h6,8H,1-5H2,(H,9,10);. The number of carbonyl (C=O) groups is 2. The highest BCUT2D eigenvalue weighted by Crippen LogP contribution is 2.14. The summed E-state index contributed by atoms with van der Waals surface area (Å²) in [5.74, 6) is -0.245. The molecule has 1 aliphatic heterocycles. The van der Waals surface area contributed by atoms with Gasteiger partial charge in [0.05, 0.1) is 0 Å². The average Bonchev–Trinajstić information content (AvgIpc) is 2.03. The van der Waals surface area contributed by atoms with E-state index in [0.717, 1.165) is 25.9 Å². The Morgan fingerprint density at radius 1 is 1.29 bits per heavy atom. The monoisotopic (exact) mass is 241 g/mol. The van der Waals surface area contributed by atoms with Crippen LogP contribution in [0.25, 0.3) is 0 Å². The van der Waals surface area contributed by atoms with E-state index in [2.05, 4.69) is 28.5 Å². The third-order valence-electron chi connectivity index (χ3n) is 1.92. The van der Waals surface area contributed by atoms with Gasteiger partial charge in [0.1, 0.15) is 0 Å². The summed E-state index contributed by atoms with van der Waals surface area (Å²) in [6.07, 6.45) is 2.39. The summed E-state index contributed by atoms with van der Waals surface area (Å²) < 4.78 is -0.889. The molecular weight excluding hydrogens is 229 g/mol. The van der Waals surface area contributed by atoms with Gasteiger partial charge in [0, 0.05) is 6.42 Å². The quantitative estimate of drug-likeness (QED) is 0.727. The van der Waals surface area contributed by atoms with E-state index in [1.54, 1.807) is 0 Å². The molecular formula is C8H13Cl2NO3. The van der Waals surface area contributed by atoms with Gasteiger partial charge in [0.2, 0.25) is 0 Å². The minimum absolute atomic E-state index is 0.349. The molecule has 0 aromatic rings. The first-order valence-corrected chi connectivity index (χ1v) is 5.05. The van der Waals surface area contributed by atoms with E-state index >= 15 is 0 Å². The average molecular weight is 242 g/mol. The molecule has 6 heteroatoms. The van der Waals surface area contributed by atoms with Crippen LogP contribution in [0.2, 0.25) is 0 Å². The van der Waals surface area contributed by atoms with E-state index in [1.165, 1.54) is 0 Å². The fourth-order valence-electron chi connectivity index (χ4n) is 1.33. The van der Waals surface area contributed by atoms with Gasteiger partial charge >= 0.3 is 10.7 Å². The minimum atomic E-state index is -0.889. The highest BCUT2D eigenvalue weighted by Gasteiger charge is 2.15. The highest BCUT2D eigenvalue weighted by atomic mass is 35.5. The van der Waals surface area contributed by atoms with Crippen LogP contribution in [0.3, 0.4) is 0 Å². The van der Waals surface area contributed by atoms with Crippen molar-refractivity contribution in [2.45, 2.75) is 19.3 Å². The Bertz CT molecular complexity index is 189. The number of aliphatic carboxylic acids is 1. The van der Waals surface area contributed by atoms with Crippen LogP contribution in [0.5, 0.6) is 0 Å². The van der Waals surface area contributed by atoms with Gasteiger partial charge in [-0.25, -0.2) is 0 Å². The lowest BCUT2D eigenvalue weighted by Crippen LogP contribution is -2.28. The molecule has 1 fully saturated rings. The van der Waals surface area contributed by atoms with E-state index in [0.29, 0.717) is 12.3 Å². The number of piperidine rings is 1. The molecule has 0 aliphatic carbocycles. The predicted octanol–water partition coefficient (Wildman–Crippen LogP) is 2.04.